The predicted molar refractivity (Wildman–Crippen MR) is 73.6 cm³/mol. The van der Waals surface area contributed by atoms with Gasteiger partial charge in [0.15, 0.2) is 0 Å². The van der Waals surface area contributed by atoms with Crippen molar-refractivity contribution < 1.29 is 9.53 Å². The van der Waals surface area contributed by atoms with Crippen LogP contribution in [0.1, 0.15) is 40.0 Å². The molecule has 1 unspecified atom stereocenters. The fourth-order valence-corrected chi connectivity index (χ4v) is 2.54. The Labute approximate surface area is 111 Å². The summed E-state index contributed by atoms with van der Waals surface area (Å²) in [4.78, 5) is 13.9. The lowest BCUT2D eigenvalue weighted by Gasteiger charge is -2.35. The van der Waals surface area contributed by atoms with Crippen LogP contribution in [0, 0.1) is 5.92 Å². The van der Waals surface area contributed by atoms with Gasteiger partial charge in [0.25, 0.3) is 0 Å². The second kappa shape index (κ2) is 8.48. The minimum Gasteiger partial charge on any atom is -0.466 e. The number of rotatable bonds is 7. The Balaban J connectivity index is 2.22. The molecule has 0 amide bonds. The van der Waals surface area contributed by atoms with Crippen molar-refractivity contribution in [3.05, 3.63) is 0 Å². The third kappa shape index (κ3) is 5.36. The molecule has 1 atom stereocenters. The first-order chi connectivity index (χ1) is 8.67. The molecule has 1 rings (SSSR count). The highest BCUT2D eigenvalue weighted by molar-refractivity contribution is 5.70. The van der Waals surface area contributed by atoms with E-state index >= 15 is 0 Å². The molecular formula is C14H28N2O2. The number of hydrogen-bond acceptors (Lipinski definition) is 4. The van der Waals surface area contributed by atoms with Gasteiger partial charge < -0.3 is 15.0 Å². The Morgan fingerprint density at radius 1 is 1.39 bits per heavy atom. The summed E-state index contributed by atoms with van der Waals surface area (Å²) >= 11 is 0. The van der Waals surface area contributed by atoms with Crippen LogP contribution in [0.25, 0.3) is 0 Å². The summed E-state index contributed by atoms with van der Waals surface area (Å²) in [6, 6.07) is 0.309. The lowest BCUT2D eigenvalue weighted by Crippen LogP contribution is -2.42. The second-order valence-corrected chi connectivity index (χ2v) is 5.15. The van der Waals surface area contributed by atoms with E-state index in [2.05, 4.69) is 24.1 Å². The Kier molecular flexibility index (Phi) is 7.28. The fraction of sp³-hybridized carbons (Fsp3) is 0.929. The van der Waals surface area contributed by atoms with Gasteiger partial charge in [-0.25, -0.2) is 0 Å². The number of hydrogen-bond donors (Lipinski definition) is 1. The summed E-state index contributed by atoms with van der Waals surface area (Å²) in [7, 11) is 0. The number of likely N-dealkylation sites (tertiary alicyclic amines) is 1. The average Bonchev–Trinajstić information content (AvgIpc) is 2.37. The Hall–Kier alpha value is -0.610. The number of esters is 1. The summed E-state index contributed by atoms with van der Waals surface area (Å²) in [6.07, 6.45) is 2.99. The van der Waals surface area contributed by atoms with Crippen LogP contribution in [-0.2, 0) is 9.53 Å². The van der Waals surface area contributed by atoms with Gasteiger partial charge in [-0.2, -0.15) is 0 Å². The summed E-state index contributed by atoms with van der Waals surface area (Å²) in [5.74, 6) is 0.732. The first kappa shape index (κ1) is 15.4. The zero-order valence-electron chi connectivity index (χ0n) is 12.1. The van der Waals surface area contributed by atoms with Crippen LogP contribution in [0.4, 0.5) is 0 Å². The smallest absolute Gasteiger partial charge is 0.307 e. The predicted octanol–water partition coefficient (Wildman–Crippen LogP) is 1.65. The molecule has 0 aromatic rings. The zero-order valence-corrected chi connectivity index (χ0v) is 12.1. The van der Waals surface area contributed by atoms with Gasteiger partial charge in [0, 0.05) is 6.04 Å². The Morgan fingerprint density at radius 3 is 2.61 bits per heavy atom. The van der Waals surface area contributed by atoms with Gasteiger partial charge in [-0.15, -0.1) is 0 Å². The monoisotopic (exact) mass is 256 g/mol. The van der Waals surface area contributed by atoms with E-state index in [1.165, 1.54) is 12.8 Å². The van der Waals surface area contributed by atoms with E-state index in [-0.39, 0.29) is 5.97 Å². The quantitative estimate of drug-likeness (QED) is 0.703. The van der Waals surface area contributed by atoms with Gasteiger partial charge in [0.05, 0.1) is 13.0 Å². The highest BCUT2D eigenvalue weighted by atomic mass is 16.5. The highest BCUT2D eigenvalue weighted by Gasteiger charge is 2.23. The molecule has 0 aromatic carbocycles. The Bertz CT molecular complexity index is 238. The molecule has 1 heterocycles. The molecule has 0 aromatic heterocycles. The topological polar surface area (TPSA) is 41.6 Å². The summed E-state index contributed by atoms with van der Waals surface area (Å²) in [5.41, 5.74) is 0. The summed E-state index contributed by atoms with van der Waals surface area (Å²) in [6.45, 7) is 11.0. The van der Waals surface area contributed by atoms with Gasteiger partial charge >= 0.3 is 5.97 Å². The molecule has 1 aliphatic rings. The van der Waals surface area contributed by atoms with Crippen LogP contribution in [0.5, 0.6) is 0 Å². The molecule has 1 saturated heterocycles. The van der Waals surface area contributed by atoms with E-state index in [1.807, 2.05) is 6.92 Å². The first-order valence-electron chi connectivity index (χ1n) is 7.27. The largest absolute Gasteiger partial charge is 0.466 e. The lowest BCUT2D eigenvalue weighted by molar-refractivity contribution is -0.144. The lowest BCUT2D eigenvalue weighted by atomic mass is 9.95. The van der Waals surface area contributed by atoms with Crippen molar-refractivity contribution in [1.29, 1.82) is 0 Å². The highest BCUT2D eigenvalue weighted by Crippen LogP contribution is 2.19. The molecule has 4 nitrogen and oxygen atoms in total. The summed E-state index contributed by atoms with van der Waals surface area (Å²) in [5, 5.41) is 3.42. The van der Waals surface area contributed by atoms with Crippen LogP contribution in [-0.4, -0.2) is 49.7 Å². The Morgan fingerprint density at radius 2 is 2.06 bits per heavy atom. The van der Waals surface area contributed by atoms with E-state index in [0.29, 0.717) is 19.1 Å². The third-order valence-corrected chi connectivity index (χ3v) is 3.72. The molecule has 1 fully saturated rings. The second-order valence-electron chi connectivity index (χ2n) is 5.15. The van der Waals surface area contributed by atoms with Crippen molar-refractivity contribution in [2.75, 3.05) is 32.8 Å². The molecule has 4 heteroatoms. The van der Waals surface area contributed by atoms with E-state index in [9.17, 15) is 4.79 Å². The van der Waals surface area contributed by atoms with Crippen molar-refractivity contribution >= 4 is 5.97 Å². The number of carbonyl (C=O) groups excluding carboxylic acids is 1. The number of piperidine rings is 1. The summed E-state index contributed by atoms with van der Waals surface area (Å²) < 4.78 is 5.00. The van der Waals surface area contributed by atoms with Gasteiger partial charge in [-0.3, -0.25) is 4.79 Å². The first-order valence-corrected chi connectivity index (χ1v) is 7.27. The van der Waals surface area contributed by atoms with Gasteiger partial charge in [-0.05, 0) is 58.8 Å². The maximum Gasteiger partial charge on any atom is 0.307 e. The number of nitrogens with one attached hydrogen (secondary N) is 1. The number of carbonyl (C=O) groups is 1. The standard InChI is InChI=1S/C14H28N2O2/c1-4-15-11-13-6-8-16(9-7-13)12(3)10-14(17)18-5-2/h12-13,15H,4-11H2,1-3H3. The zero-order chi connectivity index (χ0) is 13.4. The van der Waals surface area contributed by atoms with Gasteiger partial charge in [0.1, 0.15) is 0 Å². The molecule has 1 N–H and O–H groups in total. The van der Waals surface area contributed by atoms with Crippen molar-refractivity contribution in [2.45, 2.75) is 46.1 Å². The molecule has 0 radical (unpaired) electrons. The van der Waals surface area contributed by atoms with Crippen LogP contribution < -0.4 is 5.32 Å². The van der Waals surface area contributed by atoms with Crippen LogP contribution in [0.3, 0.4) is 0 Å². The van der Waals surface area contributed by atoms with Crippen LogP contribution in [0.15, 0.2) is 0 Å². The molecule has 0 aliphatic carbocycles. The van der Waals surface area contributed by atoms with Crippen molar-refractivity contribution in [3.63, 3.8) is 0 Å². The van der Waals surface area contributed by atoms with Crippen molar-refractivity contribution in [3.8, 4) is 0 Å². The van der Waals surface area contributed by atoms with E-state index in [4.69, 9.17) is 4.74 Å². The van der Waals surface area contributed by atoms with Gasteiger partial charge in [0.2, 0.25) is 0 Å². The third-order valence-electron chi connectivity index (χ3n) is 3.72. The fourth-order valence-electron chi connectivity index (χ4n) is 2.54. The normalized spacial score (nSPS) is 19.7. The molecule has 1 aliphatic heterocycles. The van der Waals surface area contributed by atoms with Crippen LogP contribution in [0.2, 0.25) is 0 Å². The molecular weight excluding hydrogens is 228 g/mol. The van der Waals surface area contributed by atoms with Gasteiger partial charge in [-0.1, -0.05) is 6.92 Å². The maximum atomic E-state index is 11.4. The minimum absolute atomic E-state index is 0.0697. The van der Waals surface area contributed by atoms with Crippen molar-refractivity contribution in [1.82, 2.24) is 10.2 Å². The van der Waals surface area contributed by atoms with E-state index in [0.717, 1.165) is 32.1 Å². The van der Waals surface area contributed by atoms with E-state index < -0.39 is 0 Å². The van der Waals surface area contributed by atoms with Crippen LogP contribution >= 0.6 is 0 Å². The molecule has 0 saturated carbocycles. The average molecular weight is 256 g/mol. The number of nitrogens with zero attached hydrogens (tertiary/aromatic N) is 1. The number of ether oxygens (including phenoxy) is 1. The van der Waals surface area contributed by atoms with E-state index in [1.54, 1.807) is 0 Å². The molecule has 0 bridgehead atoms. The SMILES string of the molecule is CCNCC1CCN(C(C)CC(=O)OCC)CC1. The maximum absolute atomic E-state index is 11.4. The molecule has 106 valence electrons. The molecule has 18 heavy (non-hydrogen) atoms. The minimum atomic E-state index is -0.0697. The molecule has 0 spiro atoms. The van der Waals surface area contributed by atoms with Crippen molar-refractivity contribution in [2.24, 2.45) is 5.92 Å².